The summed E-state index contributed by atoms with van der Waals surface area (Å²) >= 11 is 0. The molecule has 0 unspecified atom stereocenters. The molecule has 210 valence electrons. The van der Waals surface area contributed by atoms with Crippen LogP contribution in [0, 0.1) is 11.8 Å². The van der Waals surface area contributed by atoms with Crippen LogP contribution in [-0.4, -0.2) is 85.7 Å². The van der Waals surface area contributed by atoms with Gasteiger partial charge in [0.05, 0.1) is 7.11 Å². The van der Waals surface area contributed by atoms with Crippen LogP contribution in [0.25, 0.3) is 0 Å². The number of methoxy groups -OCH3 is 1. The predicted molar refractivity (Wildman–Crippen MR) is 162 cm³/mol. The standard InChI is InChI=1S/C33H41N5O2/c1-5-37(33(39)35-29-17-19-30(40-4)20-18-29)21-9-10-22-38-24-31(32(38)25-36(2)3)27-14-16-28(34-23-27)15-13-26-11-7-6-8-12-26/h6-8,11-12,14,16-20,23,31-32H,5,9-10,21-22,24-25H2,1-4H3,(H,35,39)/t31-,32+/m0/s1. The number of nitrogens with one attached hydrogen (secondary N) is 1. The number of anilines is 1. The van der Waals surface area contributed by atoms with Gasteiger partial charge in [0.2, 0.25) is 0 Å². The lowest BCUT2D eigenvalue weighted by atomic mass is 9.82. The molecule has 0 aliphatic carbocycles. The molecule has 0 bridgehead atoms. The van der Waals surface area contributed by atoms with E-state index in [1.54, 1.807) is 7.11 Å². The van der Waals surface area contributed by atoms with Crippen molar-refractivity contribution in [2.45, 2.75) is 31.7 Å². The highest BCUT2D eigenvalue weighted by Crippen LogP contribution is 2.34. The van der Waals surface area contributed by atoms with E-state index in [0.29, 0.717) is 18.5 Å². The van der Waals surface area contributed by atoms with E-state index in [4.69, 9.17) is 4.74 Å². The lowest BCUT2D eigenvalue weighted by Crippen LogP contribution is -2.58. The molecule has 1 saturated heterocycles. The van der Waals surface area contributed by atoms with Crippen LogP contribution in [-0.2, 0) is 0 Å². The van der Waals surface area contributed by atoms with Crippen LogP contribution in [0.1, 0.15) is 42.5 Å². The molecule has 0 spiro atoms. The van der Waals surface area contributed by atoms with Crippen LogP contribution < -0.4 is 10.1 Å². The molecule has 2 heterocycles. The second-order valence-electron chi connectivity index (χ2n) is 10.5. The predicted octanol–water partition coefficient (Wildman–Crippen LogP) is 5.15. The molecule has 4 rings (SSSR count). The van der Waals surface area contributed by atoms with Gasteiger partial charge in [-0.2, -0.15) is 0 Å². The summed E-state index contributed by atoms with van der Waals surface area (Å²) < 4.78 is 5.19. The number of benzene rings is 2. The van der Waals surface area contributed by atoms with E-state index < -0.39 is 0 Å². The minimum Gasteiger partial charge on any atom is -0.497 e. The molecular weight excluding hydrogens is 498 g/mol. The number of amides is 2. The number of carbonyl (C=O) groups excluding carboxylic acids is 1. The molecule has 0 radical (unpaired) electrons. The summed E-state index contributed by atoms with van der Waals surface area (Å²) in [5, 5.41) is 2.99. The smallest absolute Gasteiger partial charge is 0.321 e. The number of pyridine rings is 1. The van der Waals surface area contributed by atoms with Crippen molar-refractivity contribution < 1.29 is 9.53 Å². The molecule has 2 atom stereocenters. The third-order valence-corrected chi connectivity index (χ3v) is 7.37. The van der Waals surface area contributed by atoms with Gasteiger partial charge in [-0.25, -0.2) is 9.78 Å². The Labute approximate surface area is 239 Å². The van der Waals surface area contributed by atoms with Crippen molar-refractivity contribution in [2.24, 2.45) is 0 Å². The number of unbranched alkanes of at least 4 members (excludes halogenated alkanes) is 1. The molecule has 7 nitrogen and oxygen atoms in total. The van der Waals surface area contributed by atoms with Crippen LogP contribution in [0.3, 0.4) is 0 Å². The lowest BCUT2D eigenvalue weighted by Gasteiger charge is -2.49. The molecule has 0 saturated carbocycles. The monoisotopic (exact) mass is 539 g/mol. The average molecular weight is 540 g/mol. The second-order valence-corrected chi connectivity index (χ2v) is 10.5. The number of hydrogen-bond donors (Lipinski definition) is 1. The highest BCUT2D eigenvalue weighted by atomic mass is 16.5. The van der Waals surface area contributed by atoms with Crippen molar-refractivity contribution in [1.82, 2.24) is 19.7 Å². The molecule has 1 aromatic heterocycles. The summed E-state index contributed by atoms with van der Waals surface area (Å²) in [5.74, 6) is 7.59. The first-order valence-electron chi connectivity index (χ1n) is 14.1. The van der Waals surface area contributed by atoms with Gasteiger partial charge in [-0.1, -0.05) is 30.2 Å². The Morgan fingerprint density at radius 2 is 1.82 bits per heavy atom. The SMILES string of the molecule is CCN(CCCCN1C[C@@H](c2ccc(C#Cc3ccccc3)nc2)[C@H]1CN(C)C)C(=O)Nc1ccc(OC)cc1. The molecule has 1 aliphatic heterocycles. The zero-order chi connectivity index (χ0) is 28.3. The van der Waals surface area contributed by atoms with Crippen LogP contribution in [0.2, 0.25) is 0 Å². The number of carbonyl (C=O) groups is 1. The van der Waals surface area contributed by atoms with E-state index in [-0.39, 0.29) is 6.03 Å². The normalized spacial score (nSPS) is 16.5. The first-order valence-corrected chi connectivity index (χ1v) is 14.1. The van der Waals surface area contributed by atoms with Crippen LogP contribution in [0.15, 0.2) is 72.9 Å². The summed E-state index contributed by atoms with van der Waals surface area (Å²) in [6.07, 6.45) is 4.02. The fourth-order valence-electron chi connectivity index (χ4n) is 5.08. The maximum absolute atomic E-state index is 12.8. The van der Waals surface area contributed by atoms with Gasteiger partial charge in [0.15, 0.2) is 0 Å². The molecular formula is C33H41N5O2. The van der Waals surface area contributed by atoms with Gasteiger partial charge in [-0.3, -0.25) is 4.90 Å². The summed E-state index contributed by atoms with van der Waals surface area (Å²) in [7, 11) is 5.90. The van der Waals surface area contributed by atoms with E-state index in [0.717, 1.165) is 61.7 Å². The first-order chi connectivity index (χ1) is 19.5. The molecule has 40 heavy (non-hydrogen) atoms. The van der Waals surface area contributed by atoms with Gasteiger partial charge in [-0.05, 0) is 94.4 Å². The Morgan fingerprint density at radius 3 is 2.48 bits per heavy atom. The Kier molecular flexibility index (Phi) is 10.6. The zero-order valence-electron chi connectivity index (χ0n) is 24.1. The number of likely N-dealkylation sites (N-methyl/N-ethyl adjacent to an activating group) is 1. The topological polar surface area (TPSA) is 60.9 Å². The van der Waals surface area contributed by atoms with Crippen LogP contribution >= 0.6 is 0 Å². The van der Waals surface area contributed by atoms with Crippen LogP contribution in [0.4, 0.5) is 10.5 Å². The summed E-state index contributed by atoms with van der Waals surface area (Å²) in [5.41, 5.74) is 3.84. The number of likely N-dealkylation sites (tertiary alicyclic amines) is 1. The largest absolute Gasteiger partial charge is 0.497 e. The van der Waals surface area contributed by atoms with Gasteiger partial charge in [0.25, 0.3) is 0 Å². The highest BCUT2D eigenvalue weighted by molar-refractivity contribution is 5.89. The number of aromatic nitrogens is 1. The van der Waals surface area contributed by atoms with E-state index in [9.17, 15) is 4.79 Å². The van der Waals surface area contributed by atoms with Gasteiger partial charge in [0.1, 0.15) is 11.4 Å². The summed E-state index contributed by atoms with van der Waals surface area (Å²) in [4.78, 5) is 24.1. The van der Waals surface area contributed by atoms with Gasteiger partial charge in [0, 0.05) is 55.6 Å². The Hall–Kier alpha value is -3.86. The fourth-order valence-corrected chi connectivity index (χ4v) is 5.08. The van der Waals surface area contributed by atoms with Crippen LogP contribution in [0.5, 0.6) is 5.75 Å². The van der Waals surface area contributed by atoms with Crippen molar-refractivity contribution in [1.29, 1.82) is 0 Å². The van der Waals surface area contributed by atoms with E-state index >= 15 is 0 Å². The van der Waals surface area contributed by atoms with E-state index in [1.807, 2.05) is 78.7 Å². The number of ether oxygens (including phenoxy) is 1. The number of rotatable bonds is 11. The number of urea groups is 1. The molecule has 1 aliphatic rings. The summed E-state index contributed by atoms with van der Waals surface area (Å²) in [6, 6.07) is 22.0. The molecule has 2 aromatic carbocycles. The van der Waals surface area contributed by atoms with Crippen molar-refractivity contribution in [3.05, 3.63) is 89.7 Å². The van der Waals surface area contributed by atoms with Gasteiger partial charge < -0.3 is 19.9 Å². The molecule has 3 aromatic rings. The number of nitrogens with zero attached hydrogens (tertiary/aromatic N) is 4. The van der Waals surface area contributed by atoms with Crippen molar-refractivity contribution in [3.63, 3.8) is 0 Å². The van der Waals surface area contributed by atoms with Gasteiger partial charge in [-0.15, -0.1) is 0 Å². The van der Waals surface area contributed by atoms with Crippen molar-refractivity contribution >= 4 is 11.7 Å². The van der Waals surface area contributed by atoms with E-state index in [1.165, 1.54) is 5.56 Å². The van der Waals surface area contributed by atoms with Crippen molar-refractivity contribution in [2.75, 3.05) is 59.2 Å². The third-order valence-electron chi connectivity index (χ3n) is 7.37. The molecule has 7 heteroatoms. The highest BCUT2D eigenvalue weighted by Gasteiger charge is 2.39. The van der Waals surface area contributed by atoms with Crippen molar-refractivity contribution in [3.8, 4) is 17.6 Å². The number of hydrogen-bond acceptors (Lipinski definition) is 5. The first kappa shape index (κ1) is 29.1. The van der Waals surface area contributed by atoms with E-state index in [2.05, 4.69) is 52.1 Å². The van der Waals surface area contributed by atoms with Gasteiger partial charge >= 0.3 is 6.03 Å². The lowest BCUT2D eigenvalue weighted by molar-refractivity contribution is 0.0387. The Balaban J connectivity index is 1.25. The Bertz CT molecular complexity index is 1270. The summed E-state index contributed by atoms with van der Waals surface area (Å²) in [6.45, 7) is 6.50. The fraction of sp³-hybridized carbons (Fsp3) is 0.394. The molecule has 2 amide bonds. The maximum atomic E-state index is 12.8. The third kappa shape index (κ3) is 8.08. The molecule has 1 N–H and O–H groups in total. The quantitative estimate of drug-likeness (QED) is 0.270. The maximum Gasteiger partial charge on any atom is 0.321 e. The zero-order valence-corrected chi connectivity index (χ0v) is 24.1. The second kappa shape index (κ2) is 14.5. The average Bonchev–Trinajstić information content (AvgIpc) is 2.97. The molecule has 1 fully saturated rings. The Morgan fingerprint density at radius 1 is 1.05 bits per heavy atom. The minimum atomic E-state index is -0.0634. The minimum absolute atomic E-state index is 0.0634.